The Bertz CT molecular complexity index is 427. The molecule has 2 unspecified atom stereocenters. The number of nitrogens with zero attached hydrogens (tertiary/aromatic N) is 1. The van der Waals surface area contributed by atoms with Crippen molar-refractivity contribution >= 4 is 5.97 Å². The van der Waals surface area contributed by atoms with Gasteiger partial charge in [-0.05, 0) is 29.9 Å². The molecule has 3 nitrogen and oxygen atoms in total. The molecule has 0 aliphatic carbocycles. The van der Waals surface area contributed by atoms with E-state index in [4.69, 9.17) is 0 Å². The van der Waals surface area contributed by atoms with Crippen LogP contribution in [0.15, 0.2) is 24.3 Å². The smallest absolute Gasteiger partial charge is 0.307 e. The third-order valence-electron chi connectivity index (χ3n) is 3.92. The molecule has 104 valence electrons. The molecule has 2 rings (SSSR count). The number of carboxylic acid groups (broad SMARTS) is 1. The maximum Gasteiger partial charge on any atom is 0.307 e. The normalized spacial score (nSPS) is 24.3. The monoisotopic (exact) mass is 261 g/mol. The molecule has 2 atom stereocenters. The molecule has 1 saturated heterocycles. The highest BCUT2D eigenvalue weighted by Crippen LogP contribution is 2.23. The zero-order valence-corrected chi connectivity index (χ0v) is 11.8. The minimum absolute atomic E-state index is 0.210. The molecule has 0 bridgehead atoms. The Kier molecular flexibility index (Phi) is 4.59. The Balaban J connectivity index is 1.98. The number of aliphatic carboxylic acids is 1. The number of carbonyl (C=O) groups is 1. The van der Waals surface area contributed by atoms with Crippen molar-refractivity contribution in [1.82, 2.24) is 4.90 Å². The van der Waals surface area contributed by atoms with Gasteiger partial charge in [0.25, 0.3) is 0 Å². The highest BCUT2D eigenvalue weighted by Gasteiger charge is 2.29. The van der Waals surface area contributed by atoms with Gasteiger partial charge in [-0.15, -0.1) is 0 Å². The SMILES string of the molecule is CCc1ccc(CN2CC(C)CC(C(=O)O)C2)cc1. The Labute approximate surface area is 115 Å². The summed E-state index contributed by atoms with van der Waals surface area (Å²) in [7, 11) is 0. The van der Waals surface area contributed by atoms with Crippen LogP contribution in [0, 0.1) is 11.8 Å². The number of hydrogen-bond donors (Lipinski definition) is 1. The van der Waals surface area contributed by atoms with Gasteiger partial charge >= 0.3 is 5.97 Å². The van der Waals surface area contributed by atoms with Crippen LogP contribution in [0.5, 0.6) is 0 Å². The predicted octanol–water partition coefficient (Wildman–Crippen LogP) is 2.79. The van der Waals surface area contributed by atoms with Crippen molar-refractivity contribution in [3.8, 4) is 0 Å². The lowest BCUT2D eigenvalue weighted by molar-refractivity contribution is -0.144. The second-order valence-corrected chi connectivity index (χ2v) is 5.74. The Morgan fingerprint density at radius 2 is 1.89 bits per heavy atom. The topological polar surface area (TPSA) is 40.5 Å². The van der Waals surface area contributed by atoms with E-state index in [9.17, 15) is 9.90 Å². The van der Waals surface area contributed by atoms with Crippen molar-refractivity contribution in [3.05, 3.63) is 35.4 Å². The minimum Gasteiger partial charge on any atom is -0.481 e. The maximum atomic E-state index is 11.2. The summed E-state index contributed by atoms with van der Waals surface area (Å²) < 4.78 is 0. The fourth-order valence-electron chi connectivity index (χ4n) is 2.91. The molecule has 19 heavy (non-hydrogen) atoms. The lowest BCUT2D eigenvalue weighted by Gasteiger charge is -2.34. The first-order chi connectivity index (χ1) is 9.08. The first-order valence-electron chi connectivity index (χ1n) is 7.11. The number of carboxylic acids is 1. The van der Waals surface area contributed by atoms with Crippen LogP contribution in [-0.4, -0.2) is 29.1 Å². The summed E-state index contributed by atoms with van der Waals surface area (Å²) in [6, 6.07) is 8.65. The molecule has 0 spiro atoms. The summed E-state index contributed by atoms with van der Waals surface area (Å²) in [5.41, 5.74) is 2.62. The van der Waals surface area contributed by atoms with E-state index < -0.39 is 5.97 Å². The minimum atomic E-state index is -0.655. The van der Waals surface area contributed by atoms with E-state index in [1.165, 1.54) is 11.1 Å². The second-order valence-electron chi connectivity index (χ2n) is 5.74. The molecule has 1 aliphatic rings. The highest BCUT2D eigenvalue weighted by atomic mass is 16.4. The summed E-state index contributed by atoms with van der Waals surface area (Å²) in [5, 5.41) is 9.18. The molecule has 0 amide bonds. The lowest BCUT2D eigenvalue weighted by Crippen LogP contribution is -2.41. The predicted molar refractivity (Wildman–Crippen MR) is 76.0 cm³/mol. The average Bonchev–Trinajstić information content (AvgIpc) is 2.39. The van der Waals surface area contributed by atoms with E-state index >= 15 is 0 Å². The molecule has 1 aromatic rings. The zero-order chi connectivity index (χ0) is 13.8. The van der Waals surface area contributed by atoms with Crippen LogP contribution in [0.4, 0.5) is 0 Å². The summed E-state index contributed by atoms with van der Waals surface area (Å²) in [6.07, 6.45) is 1.86. The highest BCUT2D eigenvalue weighted by molar-refractivity contribution is 5.70. The maximum absolute atomic E-state index is 11.2. The van der Waals surface area contributed by atoms with Crippen LogP contribution in [0.25, 0.3) is 0 Å². The van der Waals surface area contributed by atoms with Gasteiger partial charge in [-0.3, -0.25) is 9.69 Å². The molecule has 1 fully saturated rings. The van der Waals surface area contributed by atoms with Crippen LogP contribution < -0.4 is 0 Å². The molecule has 1 aromatic carbocycles. The fraction of sp³-hybridized carbons (Fsp3) is 0.562. The number of likely N-dealkylation sites (tertiary alicyclic amines) is 1. The number of rotatable bonds is 4. The Morgan fingerprint density at radius 1 is 1.26 bits per heavy atom. The van der Waals surface area contributed by atoms with Crippen LogP contribution in [0.1, 0.15) is 31.4 Å². The van der Waals surface area contributed by atoms with Gasteiger partial charge in [0.15, 0.2) is 0 Å². The number of benzene rings is 1. The van der Waals surface area contributed by atoms with Gasteiger partial charge in [0.1, 0.15) is 0 Å². The summed E-state index contributed by atoms with van der Waals surface area (Å²) in [5.74, 6) is -0.402. The fourth-order valence-corrected chi connectivity index (χ4v) is 2.91. The Morgan fingerprint density at radius 3 is 2.47 bits per heavy atom. The Hall–Kier alpha value is -1.35. The molecule has 1 heterocycles. The van der Waals surface area contributed by atoms with Gasteiger partial charge in [0, 0.05) is 19.6 Å². The number of aryl methyl sites for hydroxylation is 1. The van der Waals surface area contributed by atoms with E-state index in [1.54, 1.807) is 0 Å². The van der Waals surface area contributed by atoms with E-state index in [0.717, 1.165) is 25.9 Å². The molecule has 0 aromatic heterocycles. The third-order valence-corrected chi connectivity index (χ3v) is 3.92. The molecule has 1 N–H and O–H groups in total. The van der Waals surface area contributed by atoms with Crippen molar-refractivity contribution in [3.63, 3.8) is 0 Å². The third kappa shape index (κ3) is 3.80. The van der Waals surface area contributed by atoms with Gasteiger partial charge < -0.3 is 5.11 Å². The standard InChI is InChI=1S/C16H23NO2/c1-3-13-4-6-14(7-5-13)10-17-9-12(2)8-15(11-17)16(18)19/h4-7,12,15H,3,8-11H2,1-2H3,(H,18,19). The van der Waals surface area contributed by atoms with Crippen LogP contribution in [0.2, 0.25) is 0 Å². The van der Waals surface area contributed by atoms with Crippen molar-refractivity contribution in [2.75, 3.05) is 13.1 Å². The molecular weight excluding hydrogens is 238 g/mol. The van der Waals surface area contributed by atoms with E-state index in [0.29, 0.717) is 12.5 Å². The van der Waals surface area contributed by atoms with Gasteiger partial charge in [0.05, 0.1) is 5.92 Å². The van der Waals surface area contributed by atoms with Gasteiger partial charge in [-0.25, -0.2) is 0 Å². The van der Waals surface area contributed by atoms with Crippen molar-refractivity contribution in [2.45, 2.75) is 33.2 Å². The molecule has 3 heteroatoms. The summed E-state index contributed by atoms with van der Waals surface area (Å²) in [4.78, 5) is 13.4. The van der Waals surface area contributed by atoms with Gasteiger partial charge in [0.2, 0.25) is 0 Å². The summed E-state index contributed by atoms with van der Waals surface area (Å²) in [6.45, 7) is 6.83. The largest absolute Gasteiger partial charge is 0.481 e. The molecular formula is C16H23NO2. The molecule has 0 radical (unpaired) electrons. The summed E-state index contributed by atoms with van der Waals surface area (Å²) >= 11 is 0. The zero-order valence-electron chi connectivity index (χ0n) is 11.8. The number of piperidine rings is 1. The number of hydrogen-bond acceptors (Lipinski definition) is 2. The first kappa shape index (κ1) is 14.1. The lowest BCUT2D eigenvalue weighted by atomic mass is 9.90. The quantitative estimate of drug-likeness (QED) is 0.906. The molecule has 1 aliphatic heterocycles. The van der Waals surface area contributed by atoms with E-state index in [-0.39, 0.29) is 5.92 Å². The molecule has 0 saturated carbocycles. The van der Waals surface area contributed by atoms with E-state index in [1.807, 2.05) is 0 Å². The van der Waals surface area contributed by atoms with Gasteiger partial charge in [-0.2, -0.15) is 0 Å². The van der Waals surface area contributed by atoms with Crippen molar-refractivity contribution in [1.29, 1.82) is 0 Å². The first-order valence-corrected chi connectivity index (χ1v) is 7.11. The van der Waals surface area contributed by atoms with E-state index in [2.05, 4.69) is 43.0 Å². The van der Waals surface area contributed by atoms with Gasteiger partial charge in [-0.1, -0.05) is 38.1 Å². The van der Waals surface area contributed by atoms with Crippen molar-refractivity contribution in [2.24, 2.45) is 11.8 Å². The van der Waals surface area contributed by atoms with Crippen LogP contribution >= 0.6 is 0 Å². The van der Waals surface area contributed by atoms with Crippen LogP contribution in [0.3, 0.4) is 0 Å². The average molecular weight is 261 g/mol. The van der Waals surface area contributed by atoms with Crippen LogP contribution in [-0.2, 0) is 17.8 Å². The second kappa shape index (κ2) is 6.20. The van der Waals surface area contributed by atoms with Crippen molar-refractivity contribution < 1.29 is 9.90 Å².